The van der Waals surface area contributed by atoms with Crippen molar-refractivity contribution in [3.8, 4) is 33.8 Å². The molecule has 0 radical (unpaired) electrons. The predicted octanol–water partition coefficient (Wildman–Crippen LogP) is 11.2. The number of hydrogen-bond acceptors (Lipinski definition) is 12. The van der Waals surface area contributed by atoms with E-state index in [0.717, 1.165) is 119 Å². The molecule has 6 aromatic carbocycles. The molecule has 15 heteroatoms. The molecule has 0 atom stereocenters. The van der Waals surface area contributed by atoms with Gasteiger partial charge in [-0.1, -0.05) is 73.8 Å². The molecule has 2 aliphatic heterocycles. The zero-order chi connectivity index (χ0) is 51.4. The second kappa shape index (κ2) is 23.5. The molecule has 0 unspecified atom stereocenters. The van der Waals surface area contributed by atoms with Gasteiger partial charge in [0.15, 0.2) is 0 Å². The Hall–Kier alpha value is -8.95. The van der Waals surface area contributed by atoms with Gasteiger partial charge < -0.3 is 40.5 Å². The van der Waals surface area contributed by atoms with Gasteiger partial charge in [-0.3, -0.25) is 14.4 Å². The smallest absolute Gasteiger partial charge is 0.247 e. The first-order valence-corrected chi connectivity index (χ1v) is 24.7. The summed E-state index contributed by atoms with van der Waals surface area (Å²) < 4.78 is 12.3. The summed E-state index contributed by atoms with van der Waals surface area (Å²) in [5.41, 5.74) is 8.50. The van der Waals surface area contributed by atoms with Gasteiger partial charge in [0, 0.05) is 103 Å². The van der Waals surface area contributed by atoms with Crippen molar-refractivity contribution in [2.45, 2.75) is 44.8 Å². The van der Waals surface area contributed by atoms with Crippen molar-refractivity contribution in [2.24, 2.45) is 0 Å². The number of piperidine rings is 2. The Morgan fingerprint density at radius 3 is 1.39 bits per heavy atom. The van der Waals surface area contributed by atoms with Gasteiger partial charge in [0.1, 0.15) is 23.7 Å². The number of aromatic nitrogens is 4. The van der Waals surface area contributed by atoms with Crippen LogP contribution in [0.5, 0.6) is 11.5 Å². The minimum atomic E-state index is -0.260. The molecule has 0 spiro atoms. The molecule has 2 saturated heterocycles. The van der Waals surface area contributed by atoms with E-state index >= 15 is 0 Å². The molecule has 374 valence electrons. The number of rotatable bonds is 14. The van der Waals surface area contributed by atoms with Crippen molar-refractivity contribution in [3.63, 3.8) is 0 Å². The van der Waals surface area contributed by atoms with Crippen LogP contribution in [0.2, 0.25) is 0 Å². The van der Waals surface area contributed by atoms with Crippen LogP contribution in [0.25, 0.3) is 44.1 Å². The third-order valence-electron chi connectivity index (χ3n) is 12.9. The van der Waals surface area contributed by atoms with E-state index in [2.05, 4.69) is 56.3 Å². The van der Waals surface area contributed by atoms with Crippen molar-refractivity contribution >= 4 is 74.2 Å². The largest absolute Gasteiger partial charge is 0.490 e. The molecule has 4 N–H and O–H groups in total. The van der Waals surface area contributed by atoms with Crippen molar-refractivity contribution in [2.75, 3.05) is 54.5 Å². The summed E-state index contributed by atoms with van der Waals surface area (Å²) in [5.74, 6) is 2.27. The number of nitrogens with one attached hydrogen (secondary N) is 4. The number of likely N-dealkylation sites (tertiary alicyclic amines) is 2. The van der Waals surface area contributed by atoms with Crippen molar-refractivity contribution < 1.29 is 23.9 Å². The molecule has 10 rings (SSSR count). The van der Waals surface area contributed by atoms with Gasteiger partial charge in [0.25, 0.3) is 0 Å². The Morgan fingerprint density at radius 2 is 0.973 bits per heavy atom. The first-order chi connectivity index (χ1) is 36.0. The van der Waals surface area contributed by atoms with Crippen LogP contribution < -0.4 is 30.7 Å². The third-order valence-corrected chi connectivity index (χ3v) is 12.9. The average molecular weight is 987 g/mol. The van der Waals surface area contributed by atoms with Gasteiger partial charge in [0.05, 0.1) is 11.0 Å². The Bertz CT molecular complexity index is 3300. The number of amides is 3. The number of hydrogen-bond donors (Lipinski definition) is 4. The third kappa shape index (κ3) is 12.9. The highest BCUT2D eigenvalue weighted by molar-refractivity contribution is 6.01. The lowest BCUT2D eigenvalue weighted by atomic mass is 10.0. The molecule has 2 aliphatic rings. The molecule has 0 saturated carbocycles. The standard InChI is InChI=1S/C30H29N5O3.C29H29N5O2/c1-3-28(37)32-24-8-4-6-21(18-24)27-9-5-7-22-19-31-30(34-29(22)27)33-23-10-12-25(13-11-23)38-26-14-16-35(17-15-26)20(2)36;1-3-27(35)31-23-8-4-6-20(18-23)26-9-5-7-21-19-30-29(33-28(21)26)32-22-10-12-24(13-11-22)36-25-14-16-34(2)17-15-25/h3-13,18-19,26H,1,14-17H2,2H3,(H,32,37)(H,31,33,34);3-13,18-19,25H,1,14-17H2,2H3,(H,31,35)(H,30,32,33). The Morgan fingerprint density at radius 1 is 0.554 bits per heavy atom. The SMILES string of the molecule is C=CC(=O)Nc1cccc(-c2cccc3cnc(Nc4ccc(OC5CCN(C(C)=O)CC5)cc4)nc23)c1.C=CC(=O)Nc1cccc(-c2cccc3cnc(Nc4ccc(OC5CCN(C)CC5)cc4)nc23)c1. The van der Waals surface area contributed by atoms with Crippen LogP contribution in [-0.2, 0) is 14.4 Å². The van der Waals surface area contributed by atoms with Gasteiger partial charge in [-0.05, 0) is 116 Å². The second-order valence-corrected chi connectivity index (χ2v) is 18.2. The molecule has 2 fully saturated rings. The zero-order valence-corrected chi connectivity index (χ0v) is 41.5. The summed E-state index contributed by atoms with van der Waals surface area (Å²) >= 11 is 0. The van der Waals surface area contributed by atoms with Crippen LogP contribution >= 0.6 is 0 Å². The number of benzene rings is 6. The van der Waals surface area contributed by atoms with Gasteiger partial charge in [-0.2, -0.15) is 0 Å². The summed E-state index contributed by atoms with van der Waals surface area (Å²) in [5, 5.41) is 14.0. The summed E-state index contributed by atoms with van der Waals surface area (Å²) in [4.78, 5) is 57.8. The van der Waals surface area contributed by atoms with E-state index in [1.807, 2.05) is 145 Å². The first-order valence-electron chi connectivity index (χ1n) is 24.7. The quantitative estimate of drug-likeness (QED) is 0.0760. The molecule has 74 heavy (non-hydrogen) atoms. The van der Waals surface area contributed by atoms with Crippen LogP contribution in [0.15, 0.2) is 171 Å². The fourth-order valence-electron chi connectivity index (χ4n) is 8.88. The number of para-hydroxylation sites is 2. The van der Waals surface area contributed by atoms with Crippen LogP contribution in [0.1, 0.15) is 32.6 Å². The van der Waals surface area contributed by atoms with E-state index in [0.29, 0.717) is 23.3 Å². The maximum absolute atomic E-state index is 11.7. The Balaban J connectivity index is 0.000000182. The van der Waals surface area contributed by atoms with Crippen molar-refractivity contribution in [1.29, 1.82) is 0 Å². The lowest BCUT2D eigenvalue weighted by Crippen LogP contribution is -2.40. The summed E-state index contributed by atoms with van der Waals surface area (Å²) in [7, 11) is 2.15. The Labute approximate surface area is 430 Å². The van der Waals surface area contributed by atoms with Gasteiger partial charge in [0.2, 0.25) is 29.6 Å². The van der Waals surface area contributed by atoms with Crippen molar-refractivity contribution in [3.05, 3.63) is 171 Å². The summed E-state index contributed by atoms with van der Waals surface area (Å²) in [6.45, 7) is 12.2. The van der Waals surface area contributed by atoms with E-state index < -0.39 is 0 Å². The normalized spacial score (nSPS) is 14.0. The molecule has 4 heterocycles. The fraction of sp³-hybridized carbons (Fsp3) is 0.203. The monoisotopic (exact) mass is 986 g/mol. The molecule has 3 amide bonds. The number of nitrogens with zero attached hydrogens (tertiary/aromatic N) is 6. The average Bonchev–Trinajstić information content (AvgIpc) is 3.42. The van der Waals surface area contributed by atoms with E-state index in [4.69, 9.17) is 19.4 Å². The van der Waals surface area contributed by atoms with Crippen LogP contribution in [-0.4, -0.2) is 92.9 Å². The topological polar surface area (TPSA) is 176 Å². The van der Waals surface area contributed by atoms with E-state index in [1.165, 1.54) is 12.2 Å². The molecular weight excluding hydrogens is 929 g/mol. The van der Waals surface area contributed by atoms with Crippen LogP contribution in [0, 0.1) is 0 Å². The molecule has 15 nitrogen and oxygen atoms in total. The maximum atomic E-state index is 11.7. The zero-order valence-electron chi connectivity index (χ0n) is 41.5. The van der Waals surface area contributed by atoms with E-state index in [1.54, 1.807) is 13.1 Å². The molecule has 0 aliphatic carbocycles. The number of carbonyl (C=O) groups excluding carboxylic acids is 3. The molecule has 8 aromatic rings. The Kier molecular flexibility index (Phi) is 15.9. The fourth-order valence-corrected chi connectivity index (χ4v) is 8.88. The molecular formula is C59H58N10O5. The van der Waals surface area contributed by atoms with Gasteiger partial charge >= 0.3 is 0 Å². The van der Waals surface area contributed by atoms with Crippen LogP contribution in [0.4, 0.5) is 34.6 Å². The summed E-state index contributed by atoms with van der Waals surface area (Å²) in [6.07, 6.45) is 10.2. The molecule has 0 bridgehead atoms. The highest BCUT2D eigenvalue weighted by Gasteiger charge is 2.22. The van der Waals surface area contributed by atoms with Gasteiger partial charge in [-0.15, -0.1) is 0 Å². The highest BCUT2D eigenvalue weighted by atomic mass is 16.5. The minimum Gasteiger partial charge on any atom is -0.490 e. The first kappa shape index (κ1) is 50.0. The van der Waals surface area contributed by atoms with Crippen molar-refractivity contribution in [1.82, 2.24) is 29.7 Å². The maximum Gasteiger partial charge on any atom is 0.247 e. The van der Waals surface area contributed by atoms with Crippen LogP contribution in [0.3, 0.4) is 0 Å². The predicted molar refractivity (Wildman–Crippen MR) is 294 cm³/mol. The lowest BCUT2D eigenvalue weighted by Gasteiger charge is -2.31. The van der Waals surface area contributed by atoms with E-state index in [-0.39, 0.29) is 29.9 Å². The minimum absolute atomic E-state index is 0.107. The number of ether oxygens (including phenoxy) is 2. The second-order valence-electron chi connectivity index (χ2n) is 18.2. The summed E-state index contributed by atoms with van der Waals surface area (Å²) in [6, 6.07) is 42.9. The van der Waals surface area contributed by atoms with E-state index in [9.17, 15) is 14.4 Å². The molecule has 2 aromatic heterocycles. The number of carbonyl (C=O) groups is 3. The highest BCUT2D eigenvalue weighted by Crippen LogP contribution is 2.32. The van der Waals surface area contributed by atoms with Gasteiger partial charge in [-0.25, -0.2) is 19.9 Å². The number of fused-ring (bicyclic) bond motifs is 2. The lowest BCUT2D eigenvalue weighted by molar-refractivity contribution is -0.130. The number of anilines is 6.